The van der Waals surface area contributed by atoms with Crippen LogP contribution in [0.5, 0.6) is 0 Å². The summed E-state index contributed by atoms with van der Waals surface area (Å²) in [5.41, 5.74) is 4.54. The summed E-state index contributed by atoms with van der Waals surface area (Å²) in [6.07, 6.45) is 3.27. The maximum absolute atomic E-state index is 12.3. The van der Waals surface area contributed by atoms with E-state index in [4.69, 9.17) is 0 Å². The molecule has 2 N–H and O–H groups in total. The van der Waals surface area contributed by atoms with Gasteiger partial charge >= 0.3 is 0 Å². The number of pyridine rings is 1. The monoisotopic (exact) mass is 317 g/mol. The quantitative estimate of drug-likeness (QED) is 0.746. The molecule has 24 heavy (non-hydrogen) atoms. The number of nitrogens with zero attached hydrogens (tertiary/aromatic N) is 1. The average Bonchev–Trinajstić information content (AvgIpc) is 2.63. The number of anilines is 2. The van der Waals surface area contributed by atoms with Crippen LogP contribution in [-0.2, 0) is 6.54 Å². The summed E-state index contributed by atoms with van der Waals surface area (Å²) in [6.45, 7) is 2.54. The van der Waals surface area contributed by atoms with E-state index < -0.39 is 0 Å². The topological polar surface area (TPSA) is 54.0 Å². The Hall–Kier alpha value is -3.14. The summed E-state index contributed by atoms with van der Waals surface area (Å²) in [5, 5.41) is 6.16. The van der Waals surface area contributed by atoms with E-state index in [0.29, 0.717) is 12.1 Å². The zero-order chi connectivity index (χ0) is 16.8. The molecular weight excluding hydrogens is 298 g/mol. The Kier molecular flexibility index (Phi) is 4.87. The molecule has 3 rings (SSSR count). The van der Waals surface area contributed by atoms with Gasteiger partial charge in [-0.15, -0.1) is 0 Å². The first-order valence-corrected chi connectivity index (χ1v) is 7.81. The normalized spacial score (nSPS) is 10.2. The maximum Gasteiger partial charge on any atom is 0.253 e. The molecule has 0 aliphatic carbocycles. The molecule has 0 saturated heterocycles. The number of hydrogen-bond donors (Lipinski definition) is 2. The fraction of sp³-hybridized carbons (Fsp3) is 0.100. The molecule has 0 aliphatic rings. The molecule has 0 unspecified atom stereocenters. The van der Waals surface area contributed by atoms with Gasteiger partial charge in [0.05, 0.1) is 17.4 Å². The van der Waals surface area contributed by atoms with E-state index in [1.54, 1.807) is 18.5 Å². The van der Waals surface area contributed by atoms with Gasteiger partial charge in [0.15, 0.2) is 0 Å². The molecule has 1 heterocycles. The van der Waals surface area contributed by atoms with Gasteiger partial charge in [-0.1, -0.05) is 48.0 Å². The number of carbonyl (C=O) groups excluding carboxylic acids is 1. The van der Waals surface area contributed by atoms with E-state index in [-0.39, 0.29) is 5.91 Å². The molecule has 0 atom stereocenters. The van der Waals surface area contributed by atoms with Crippen LogP contribution in [0.2, 0.25) is 0 Å². The fourth-order valence-corrected chi connectivity index (χ4v) is 2.32. The third-order valence-electron chi connectivity index (χ3n) is 3.64. The second-order valence-electron chi connectivity index (χ2n) is 5.62. The lowest BCUT2D eigenvalue weighted by Crippen LogP contribution is -2.22. The number of aromatic nitrogens is 1. The van der Waals surface area contributed by atoms with Gasteiger partial charge in [0.1, 0.15) is 0 Å². The molecule has 0 bridgehead atoms. The van der Waals surface area contributed by atoms with Crippen LogP contribution in [0.25, 0.3) is 0 Å². The Morgan fingerprint density at radius 3 is 2.46 bits per heavy atom. The van der Waals surface area contributed by atoms with Crippen LogP contribution in [0.3, 0.4) is 0 Å². The molecule has 3 aromatic rings. The molecule has 2 aromatic carbocycles. The van der Waals surface area contributed by atoms with Crippen molar-refractivity contribution in [3.63, 3.8) is 0 Å². The third-order valence-corrected chi connectivity index (χ3v) is 3.64. The zero-order valence-corrected chi connectivity index (χ0v) is 13.5. The standard InChI is InChI=1S/C20H19N3O/c1-15-7-9-18(10-8-15)23-19-11-17(13-21-14-19)20(24)22-12-16-5-3-2-4-6-16/h2-11,13-14,23H,12H2,1H3,(H,22,24). The number of carbonyl (C=O) groups is 1. The van der Waals surface area contributed by atoms with E-state index in [1.165, 1.54) is 5.56 Å². The first-order valence-electron chi connectivity index (χ1n) is 7.81. The van der Waals surface area contributed by atoms with E-state index in [9.17, 15) is 4.79 Å². The highest BCUT2D eigenvalue weighted by atomic mass is 16.1. The van der Waals surface area contributed by atoms with Gasteiger partial charge in [0.2, 0.25) is 0 Å². The Morgan fingerprint density at radius 2 is 1.71 bits per heavy atom. The van der Waals surface area contributed by atoms with E-state index in [1.807, 2.05) is 61.5 Å². The Bertz CT molecular complexity index is 814. The number of rotatable bonds is 5. The Balaban J connectivity index is 1.65. The SMILES string of the molecule is Cc1ccc(Nc2cncc(C(=O)NCc3ccccc3)c2)cc1. The fourth-order valence-electron chi connectivity index (χ4n) is 2.32. The second kappa shape index (κ2) is 7.42. The summed E-state index contributed by atoms with van der Waals surface area (Å²) in [7, 11) is 0. The van der Waals surface area contributed by atoms with Crippen LogP contribution in [0.4, 0.5) is 11.4 Å². The van der Waals surface area contributed by atoms with E-state index >= 15 is 0 Å². The van der Waals surface area contributed by atoms with Gasteiger partial charge in [-0.2, -0.15) is 0 Å². The highest BCUT2D eigenvalue weighted by molar-refractivity contribution is 5.94. The average molecular weight is 317 g/mol. The lowest BCUT2D eigenvalue weighted by atomic mass is 10.2. The second-order valence-corrected chi connectivity index (χ2v) is 5.62. The molecule has 4 heteroatoms. The minimum absolute atomic E-state index is 0.140. The minimum Gasteiger partial charge on any atom is -0.354 e. The summed E-state index contributed by atoms with van der Waals surface area (Å²) in [5.74, 6) is -0.140. The van der Waals surface area contributed by atoms with Gasteiger partial charge in [0.25, 0.3) is 5.91 Å². The Labute approximate surface area is 141 Å². The predicted molar refractivity (Wildman–Crippen MR) is 96.3 cm³/mol. The molecular formula is C20H19N3O. The number of hydrogen-bond acceptors (Lipinski definition) is 3. The van der Waals surface area contributed by atoms with Crippen molar-refractivity contribution in [1.82, 2.24) is 10.3 Å². The van der Waals surface area contributed by atoms with Gasteiger partial charge in [-0.3, -0.25) is 9.78 Å². The van der Waals surface area contributed by atoms with E-state index in [2.05, 4.69) is 15.6 Å². The lowest BCUT2D eigenvalue weighted by Gasteiger charge is -2.09. The number of nitrogens with one attached hydrogen (secondary N) is 2. The summed E-state index contributed by atoms with van der Waals surface area (Å²) in [4.78, 5) is 16.4. The highest BCUT2D eigenvalue weighted by Crippen LogP contribution is 2.17. The van der Waals surface area contributed by atoms with Crippen molar-refractivity contribution in [2.45, 2.75) is 13.5 Å². The zero-order valence-electron chi connectivity index (χ0n) is 13.5. The van der Waals surface area contributed by atoms with Crippen LogP contribution in [0, 0.1) is 6.92 Å². The summed E-state index contributed by atoms with van der Waals surface area (Å²) >= 11 is 0. The lowest BCUT2D eigenvalue weighted by molar-refractivity contribution is 0.0950. The third kappa shape index (κ3) is 4.20. The molecule has 1 aromatic heterocycles. The van der Waals surface area contributed by atoms with Crippen LogP contribution in [0.1, 0.15) is 21.5 Å². The summed E-state index contributed by atoms with van der Waals surface area (Å²) < 4.78 is 0. The van der Waals surface area contributed by atoms with E-state index in [0.717, 1.165) is 16.9 Å². The molecule has 0 spiro atoms. The van der Waals surface area contributed by atoms with Gasteiger partial charge in [-0.05, 0) is 30.7 Å². The largest absolute Gasteiger partial charge is 0.354 e. The van der Waals surface area contributed by atoms with Crippen molar-refractivity contribution < 1.29 is 4.79 Å². The van der Waals surface area contributed by atoms with Crippen LogP contribution >= 0.6 is 0 Å². The Morgan fingerprint density at radius 1 is 0.958 bits per heavy atom. The molecule has 0 saturated carbocycles. The van der Waals surface area contributed by atoms with Crippen molar-refractivity contribution >= 4 is 17.3 Å². The van der Waals surface area contributed by atoms with Crippen molar-refractivity contribution in [3.8, 4) is 0 Å². The van der Waals surface area contributed by atoms with Gasteiger partial charge in [0, 0.05) is 18.4 Å². The number of aryl methyl sites for hydroxylation is 1. The van der Waals surface area contributed by atoms with Gasteiger partial charge in [-0.25, -0.2) is 0 Å². The van der Waals surface area contributed by atoms with Crippen LogP contribution in [0.15, 0.2) is 73.1 Å². The van der Waals surface area contributed by atoms with Crippen molar-refractivity contribution in [2.24, 2.45) is 0 Å². The summed E-state index contributed by atoms with van der Waals surface area (Å²) in [6, 6.07) is 19.7. The molecule has 4 nitrogen and oxygen atoms in total. The first kappa shape index (κ1) is 15.7. The molecule has 120 valence electrons. The molecule has 1 amide bonds. The van der Waals surface area contributed by atoms with Crippen LogP contribution in [-0.4, -0.2) is 10.9 Å². The number of benzene rings is 2. The molecule has 0 aliphatic heterocycles. The van der Waals surface area contributed by atoms with Crippen molar-refractivity contribution in [3.05, 3.63) is 89.7 Å². The minimum atomic E-state index is -0.140. The van der Waals surface area contributed by atoms with Crippen molar-refractivity contribution in [1.29, 1.82) is 0 Å². The van der Waals surface area contributed by atoms with Crippen LogP contribution < -0.4 is 10.6 Å². The number of amides is 1. The predicted octanol–water partition coefficient (Wildman–Crippen LogP) is 4.06. The first-order chi connectivity index (χ1) is 11.7. The van der Waals surface area contributed by atoms with Crippen molar-refractivity contribution in [2.75, 3.05) is 5.32 Å². The maximum atomic E-state index is 12.3. The molecule has 0 radical (unpaired) electrons. The van der Waals surface area contributed by atoms with Gasteiger partial charge < -0.3 is 10.6 Å². The highest BCUT2D eigenvalue weighted by Gasteiger charge is 2.07. The smallest absolute Gasteiger partial charge is 0.253 e. The molecule has 0 fully saturated rings.